The second-order valence-corrected chi connectivity index (χ2v) is 12.3. The normalized spacial score (nSPS) is 23.0. The Labute approximate surface area is 257 Å². The summed E-state index contributed by atoms with van der Waals surface area (Å²) in [5.74, 6) is -1.39. The number of halogens is 3. The molecule has 3 saturated heterocycles. The number of likely N-dealkylation sites (tertiary alicyclic amines) is 3. The number of hydrogen-bond acceptors (Lipinski definition) is 5. The second-order valence-electron chi connectivity index (χ2n) is 12.3. The minimum absolute atomic E-state index is 0.00970. The zero-order valence-electron chi connectivity index (χ0n) is 25.6. The van der Waals surface area contributed by atoms with Crippen molar-refractivity contribution in [2.45, 2.75) is 57.8 Å². The molecule has 3 aliphatic heterocycles. The summed E-state index contributed by atoms with van der Waals surface area (Å²) in [6.07, 6.45) is -0.913. The van der Waals surface area contributed by atoms with Crippen molar-refractivity contribution >= 4 is 17.8 Å². The lowest BCUT2D eigenvalue weighted by Gasteiger charge is -2.32. The Bertz CT molecular complexity index is 1270. The molecule has 3 fully saturated rings. The minimum Gasteiger partial charge on any atom is -0.475 e. The molecular weight excluding hydrogens is 573 g/mol. The van der Waals surface area contributed by atoms with Crippen LogP contribution in [0.2, 0.25) is 0 Å². The maximum atomic E-state index is 13.4. The number of carboxylic acids is 1. The number of nitrogens with zero attached hydrogens (tertiary/aromatic N) is 3. The Morgan fingerprint density at radius 1 is 0.932 bits per heavy atom. The quantitative estimate of drug-likeness (QED) is 0.470. The average molecular weight is 617 g/mol. The first kappa shape index (κ1) is 33.5. The van der Waals surface area contributed by atoms with Crippen molar-refractivity contribution in [1.29, 1.82) is 0 Å². The Balaban J connectivity index is 0.000000566. The lowest BCUT2D eigenvalue weighted by Crippen LogP contribution is -2.48. The lowest BCUT2D eigenvalue weighted by molar-refractivity contribution is -0.192. The predicted molar refractivity (Wildman–Crippen MR) is 161 cm³/mol. The van der Waals surface area contributed by atoms with Crippen molar-refractivity contribution in [3.8, 4) is 0 Å². The van der Waals surface area contributed by atoms with Gasteiger partial charge in [-0.05, 0) is 75.2 Å². The number of carbonyl (C=O) groups is 3. The summed E-state index contributed by atoms with van der Waals surface area (Å²) in [4.78, 5) is 42.0. The summed E-state index contributed by atoms with van der Waals surface area (Å²) in [6.45, 7) is 9.43. The van der Waals surface area contributed by atoms with E-state index in [0.717, 1.165) is 68.7 Å². The molecule has 0 saturated carbocycles. The molecule has 2 amide bonds. The smallest absolute Gasteiger partial charge is 0.475 e. The summed E-state index contributed by atoms with van der Waals surface area (Å²) in [7, 11) is 2.06. The minimum atomic E-state index is -5.08. The average Bonchev–Trinajstić information content (AvgIpc) is 3.55. The monoisotopic (exact) mass is 616 g/mol. The van der Waals surface area contributed by atoms with Gasteiger partial charge in [-0.2, -0.15) is 13.2 Å². The fourth-order valence-corrected chi connectivity index (χ4v) is 6.85. The van der Waals surface area contributed by atoms with Crippen molar-refractivity contribution in [3.05, 3.63) is 70.8 Å². The third-order valence-electron chi connectivity index (χ3n) is 9.15. The van der Waals surface area contributed by atoms with E-state index < -0.39 is 12.1 Å². The molecule has 2 aromatic carbocycles. The Morgan fingerprint density at radius 3 is 2.07 bits per heavy atom. The number of alkyl halides is 3. The standard InChI is InChI=1S/C31H42N4O2.C2HF3O2/c1-22-10-9-11-23(2)29(22)31(37)35-20-25-18-34(19-26(25)21-35)27(24-12-5-4-6-13-24)15-16-32-30(36)28-14-7-8-17-33(28)3;3-2(4,5)1(6)7/h4-6,9-13,25-28H,7-8,14-21H2,1-3H3,(H,32,36);(H,6,7)/t25?,26?,27-,28?;/m0./s1. The van der Waals surface area contributed by atoms with E-state index in [-0.39, 0.29) is 23.9 Å². The molecule has 0 aromatic heterocycles. The number of likely N-dealkylation sites (N-methyl/N-ethyl adjacent to an activating group) is 1. The van der Waals surface area contributed by atoms with Gasteiger partial charge in [-0.15, -0.1) is 0 Å². The fourth-order valence-electron chi connectivity index (χ4n) is 6.85. The number of carbonyl (C=O) groups excluding carboxylic acids is 2. The highest BCUT2D eigenvalue weighted by molar-refractivity contribution is 5.97. The molecule has 0 radical (unpaired) electrons. The van der Waals surface area contributed by atoms with Crippen LogP contribution in [0, 0.1) is 25.7 Å². The van der Waals surface area contributed by atoms with E-state index in [4.69, 9.17) is 9.90 Å². The number of nitrogens with one attached hydrogen (secondary N) is 1. The molecule has 240 valence electrons. The van der Waals surface area contributed by atoms with Crippen LogP contribution in [0.15, 0.2) is 48.5 Å². The maximum absolute atomic E-state index is 13.4. The SMILES string of the molecule is Cc1cccc(C)c1C(=O)N1CC2CN([C@@H](CCNC(=O)C3CCCCN3C)c3ccccc3)CC2C1.O=C(O)C(F)(F)F. The Morgan fingerprint density at radius 2 is 1.52 bits per heavy atom. The first-order valence-corrected chi connectivity index (χ1v) is 15.3. The number of piperidine rings is 1. The van der Waals surface area contributed by atoms with Gasteiger partial charge in [-0.25, -0.2) is 4.79 Å². The van der Waals surface area contributed by atoms with E-state index in [2.05, 4.69) is 57.4 Å². The van der Waals surface area contributed by atoms with Crippen LogP contribution in [-0.2, 0) is 9.59 Å². The fraction of sp³-hybridized carbons (Fsp3) is 0.545. The largest absolute Gasteiger partial charge is 0.490 e. The molecule has 0 spiro atoms. The summed E-state index contributed by atoms with van der Waals surface area (Å²) in [6, 6.07) is 17.1. The van der Waals surface area contributed by atoms with Gasteiger partial charge in [-0.1, -0.05) is 55.0 Å². The zero-order chi connectivity index (χ0) is 32.0. The summed E-state index contributed by atoms with van der Waals surface area (Å²) in [5, 5.41) is 10.4. The Kier molecular flexibility index (Phi) is 11.1. The van der Waals surface area contributed by atoms with Crippen LogP contribution in [-0.4, -0.2) is 96.1 Å². The molecule has 3 heterocycles. The molecule has 3 unspecified atom stereocenters. The van der Waals surface area contributed by atoms with Crippen LogP contribution >= 0.6 is 0 Å². The zero-order valence-corrected chi connectivity index (χ0v) is 25.6. The molecule has 44 heavy (non-hydrogen) atoms. The molecule has 0 aliphatic carbocycles. The number of amides is 2. The van der Waals surface area contributed by atoms with Crippen LogP contribution in [0.1, 0.15) is 58.8 Å². The van der Waals surface area contributed by atoms with E-state index >= 15 is 0 Å². The summed E-state index contributed by atoms with van der Waals surface area (Å²) >= 11 is 0. The number of rotatable bonds is 7. The molecule has 0 bridgehead atoms. The van der Waals surface area contributed by atoms with Gasteiger partial charge in [0, 0.05) is 44.3 Å². The van der Waals surface area contributed by atoms with Gasteiger partial charge < -0.3 is 15.3 Å². The molecule has 4 atom stereocenters. The lowest BCUT2D eigenvalue weighted by atomic mass is 10.0. The van der Waals surface area contributed by atoms with Gasteiger partial charge in [0.15, 0.2) is 0 Å². The Hall–Kier alpha value is -3.44. The maximum Gasteiger partial charge on any atom is 0.490 e. The van der Waals surface area contributed by atoms with Gasteiger partial charge >= 0.3 is 12.1 Å². The van der Waals surface area contributed by atoms with Crippen LogP contribution in [0.3, 0.4) is 0 Å². The summed E-state index contributed by atoms with van der Waals surface area (Å²) in [5.41, 5.74) is 4.32. The second kappa shape index (κ2) is 14.6. The van der Waals surface area contributed by atoms with Crippen molar-refractivity contribution in [1.82, 2.24) is 20.0 Å². The molecule has 5 rings (SSSR count). The van der Waals surface area contributed by atoms with Gasteiger partial charge in [0.25, 0.3) is 5.91 Å². The van der Waals surface area contributed by atoms with Crippen molar-refractivity contribution in [2.75, 3.05) is 46.3 Å². The number of aryl methyl sites for hydroxylation is 2. The van der Waals surface area contributed by atoms with Crippen molar-refractivity contribution < 1.29 is 32.7 Å². The van der Waals surface area contributed by atoms with E-state index in [1.54, 1.807) is 0 Å². The van der Waals surface area contributed by atoms with Gasteiger partial charge in [0.05, 0.1) is 6.04 Å². The molecular formula is C33H43F3N4O4. The van der Waals surface area contributed by atoms with Crippen LogP contribution < -0.4 is 5.32 Å². The number of fused-ring (bicyclic) bond motifs is 1. The van der Waals surface area contributed by atoms with E-state index in [1.807, 2.05) is 32.0 Å². The molecule has 2 N–H and O–H groups in total. The highest BCUT2D eigenvalue weighted by atomic mass is 19.4. The number of benzene rings is 2. The first-order chi connectivity index (χ1) is 20.9. The van der Waals surface area contributed by atoms with Gasteiger partial charge in [0.2, 0.25) is 5.91 Å². The van der Waals surface area contributed by atoms with Gasteiger partial charge in [-0.3, -0.25) is 19.4 Å². The number of hydrogen-bond donors (Lipinski definition) is 2. The van der Waals surface area contributed by atoms with Crippen LogP contribution in [0.4, 0.5) is 13.2 Å². The van der Waals surface area contributed by atoms with Crippen LogP contribution in [0.25, 0.3) is 0 Å². The van der Waals surface area contributed by atoms with E-state index in [0.29, 0.717) is 18.4 Å². The third-order valence-corrected chi connectivity index (χ3v) is 9.15. The summed E-state index contributed by atoms with van der Waals surface area (Å²) < 4.78 is 31.7. The first-order valence-electron chi connectivity index (χ1n) is 15.3. The van der Waals surface area contributed by atoms with Crippen molar-refractivity contribution in [3.63, 3.8) is 0 Å². The molecule has 3 aliphatic rings. The topological polar surface area (TPSA) is 93.2 Å². The highest BCUT2D eigenvalue weighted by Gasteiger charge is 2.44. The molecule has 2 aromatic rings. The van der Waals surface area contributed by atoms with Crippen LogP contribution in [0.5, 0.6) is 0 Å². The van der Waals surface area contributed by atoms with Gasteiger partial charge in [0.1, 0.15) is 0 Å². The predicted octanol–water partition coefficient (Wildman–Crippen LogP) is 4.67. The third kappa shape index (κ3) is 8.18. The number of aliphatic carboxylic acids is 1. The van der Waals surface area contributed by atoms with Crippen molar-refractivity contribution in [2.24, 2.45) is 11.8 Å². The van der Waals surface area contributed by atoms with E-state index in [9.17, 15) is 22.8 Å². The highest BCUT2D eigenvalue weighted by Crippen LogP contribution is 2.38. The number of carboxylic acid groups (broad SMARTS) is 1. The van der Waals surface area contributed by atoms with E-state index in [1.165, 1.54) is 12.0 Å². The molecule has 8 nitrogen and oxygen atoms in total. The molecule has 11 heteroatoms.